The molecule has 2 rings (SSSR count). The van der Waals surface area contributed by atoms with Crippen molar-refractivity contribution in [2.45, 2.75) is 12.5 Å². The molecular weight excluding hydrogens is 348 g/mol. The van der Waals surface area contributed by atoms with Crippen molar-refractivity contribution in [2.24, 2.45) is 0 Å². The third-order valence-corrected chi connectivity index (χ3v) is 4.02. The van der Waals surface area contributed by atoms with E-state index in [1.165, 1.54) is 32.2 Å². The highest BCUT2D eigenvalue weighted by molar-refractivity contribution is 6.31. The van der Waals surface area contributed by atoms with Gasteiger partial charge in [0.05, 0.1) is 17.6 Å². The molecule has 0 saturated carbocycles. The smallest absolute Gasteiger partial charge is 0.337 e. The van der Waals surface area contributed by atoms with E-state index in [2.05, 4.69) is 10.1 Å². The zero-order valence-corrected chi connectivity index (χ0v) is 14.4. The number of ether oxygens (including phenoxy) is 1. The largest absolute Gasteiger partial charge is 0.465 e. The second-order valence-electron chi connectivity index (χ2n) is 5.59. The van der Waals surface area contributed by atoms with Crippen LogP contribution in [0.1, 0.15) is 22.8 Å². The third-order valence-electron chi connectivity index (χ3n) is 3.69. The van der Waals surface area contributed by atoms with Crippen LogP contribution in [-0.2, 0) is 10.3 Å². The van der Waals surface area contributed by atoms with E-state index < -0.39 is 16.5 Å². The van der Waals surface area contributed by atoms with Gasteiger partial charge in [-0.3, -0.25) is 10.1 Å². The molecule has 0 fully saturated rings. The Kier molecular flexibility index (Phi) is 5.61. The number of nitrogens with one attached hydrogen (secondary N) is 1. The number of carbonyl (C=O) groups is 1. The quantitative estimate of drug-likeness (QED) is 0.463. The zero-order valence-electron chi connectivity index (χ0n) is 13.7. The van der Waals surface area contributed by atoms with E-state index in [4.69, 9.17) is 11.6 Å². The van der Waals surface area contributed by atoms with Crippen LogP contribution in [0.5, 0.6) is 0 Å². The first-order valence-electron chi connectivity index (χ1n) is 7.34. The number of halogens is 1. The predicted molar refractivity (Wildman–Crippen MR) is 93.9 cm³/mol. The Labute approximate surface area is 149 Å². The highest BCUT2D eigenvalue weighted by atomic mass is 35.5. The maximum absolute atomic E-state index is 11.6. The Bertz CT molecular complexity index is 807. The predicted octanol–water partition coefficient (Wildman–Crippen LogP) is 3.35. The molecule has 8 heteroatoms. The van der Waals surface area contributed by atoms with Gasteiger partial charge in [-0.1, -0.05) is 29.8 Å². The summed E-state index contributed by atoms with van der Waals surface area (Å²) in [6.45, 7) is 1.49. The first-order chi connectivity index (χ1) is 11.8. The monoisotopic (exact) mass is 364 g/mol. The molecule has 0 aliphatic rings. The second kappa shape index (κ2) is 7.50. The maximum Gasteiger partial charge on any atom is 0.337 e. The van der Waals surface area contributed by atoms with Crippen molar-refractivity contribution in [2.75, 3.05) is 19.0 Å². The summed E-state index contributed by atoms with van der Waals surface area (Å²) in [4.78, 5) is 22.2. The van der Waals surface area contributed by atoms with Crippen LogP contribution in [-0.4, -0.2) is 29.7 Å². The van der Waals surface area contributed by atoms with E-state index in [9.17, 15) is 20.0 Å². The Morgan fingerprint density at radius 3 is 2.64 bits per heavy atom. The van der Waals surface area contributed by atoms with E-state index in [1.54, 1.807) is 24.3 Å². The fourth-order valence-corrected chi connectivity index (χ4v) is 2.68. The molecule has 2 aromatic carbocycles. The van der Waals surface area contributed by atoms with Crippen LogP contribution in [0.15, 0.2) is 42.5 Å². The molecule has 7 nitrogen and oxygen atoms in total. The summed E-state index contributed by atoms with van der Waals surface area (Å²) in [5.41, 5.74) is -0.861. The van der Waals surface area contributed by atoms with Gasteiger partial charge in [-0.15, -0.1) is 0 Å². The minimum atomic E-state index is -1.38. The van der Waals surface area contributed by atoms with Gasteiger partial charge >= 0.3 is 5.97 Å². The van der Waals surface area contributed by atoms with Gasteiger partial charge in [0, 0.05) is 23.2 Å². The van der Waals surface area contributed by atoms with Crippen molar-refractivity contribution in [1.82, 2.24) is 0 Å². The van der Waals surface area contributed by atoms with Gasteiger partial charge in [0.2, 0.25) is 0 Å². The number of aliphatic hydroxyl groups is 1. The van der Waals surface area contributed by atoms with E-state index in [1.807, 2.05) is 0 Å². The summed E-state index contributed by atoms with van der Waals surface area (Å²) < 4.78 is 4.62. The lowest BCUT2D eigenvalue weighted by molar-refractivity contribution is -0.384. The van der Waals surface area contributed by atoms with Crippen LogP contribution in [0, 0.1) is 10.1 Å². The van der Waals surface area contributed by atoms with Crippen LogP contribution in [0.3, 0.4) is 0 Å². The van der Waals surface area contributed by atoms with Crippen LogP contribution < -0.4 is 5.32 Å². The molecule has 0 aromatic heterocycles. The fraction of sp³-hybridized carbons (Fsp3) is 0.235. The van der Waals surface area contributed by atoms with Crippen molar-refractivity contribution in [3.8, 4) is 0 Å². The minimum Gasteiger partial charge on any atom is -0.465 e. The van der Waals surface area contributed by atoms with Crippen LogP contribution in [0.2, 0.25) is 5.02 Å². The molecule has 0 heterocycles. The number of rotatable bonds is 6. The fourth-order valence-electron chi connectivity index (χ4n) is 2.34. The van der Waals surface area contributed by atoms with E-state index in [0.717, 1.165) is 0 Å². The molecule has 1 unspecified atom stereocenters. The molecule has 0 amide bonds. The van der Waals surface area contributed by atoms with Crippen molar-refractivity contribution >= 4 is 28.9 Å². The molecule has 0 aliphatic heterocycles. The molecule has 0 bridgehead atoms. The van der Waals surface area contributed by atoms with Gasteiger partial charge in [-0.2, -0.15) is 0 Å². The lowest BCUT2D eigenvalue weighted by atomic mass is 9.95. The van der Waals surface area contributed by atoms with Crippen molar-refractivity contribution < 1.29 is 19.6 Å². The number of benzene rings is 2. The Morgan fingerprint density at radius 1 is 1.36 bits per heavy atom. The normalized spacial score (nSPS) is 13.0. The average Bonchev–Trinajstić information content (AvgIpc) is 2.59. The van der Waals surface area contributed by atoms with E-state index >= 15 is 0 Å². The molecule has 0 aliphatic carbocycles. The summed E-state index contributed by atoms with van der Waals surface area (Å²) in [5, 5.41) is 25.1. The number of nitrogens with zero attached hydrogens (tertiary/aromatic N) is 1. The summed E-state index contributed by atoms with van der Waals surface area (Å²) in [6, 6.07) is 10.6. The van der Waals surface area contributed by atoms with Gasteiger partial charge in [-0.05, 0) is 25.1 Å². The molecule has 0 saturated heterocycles. The number of methoxy groups -OCH3 is 1. The molecule has 2 aromatic rings. The zero-order chi connectivity index (χ0) is 18.6. The standard InChI is InChI=1S/C17H17ClN2O5/c1-17(22,12-5-3-4-6-13(12)18)10-19-14-9-11(16(21)25-2)7-8-15(14)20(23)24/h3-9,19,22H,10H2,1-2H3. The lowest BCUT2D eigenvalue weighted by Crippen LogP contribution is -2.31. The number of anilines is 1. The number of nitro benzene ring substituents is 1. The third kappa shape index (κ3) is 4.26. The van der Waals surface area contributed by atoms with Gasteiger partial charge in [0.1, 0.15) is 11.3 Å². The van der Waals surface area contributed by atoms with Gasteiger partial charge in [-0.25, -0.2) is 4.79 Å². The highest BCUT2D eigenvalue weighted by Crippen LogP contribution is 2.31. The molecule has 0 radical (unpaired) electrons. The second-order valence-corrected chi connectivity index (χ2v) is 6.00. The van der Waals surface area contributed by atoms with Gasteiger partial charge < -0.3 is 15.2 Å². The van der Waals surface area contributed by atoms with Crippen molar-refractivity contribution in [3.05, 3.63) is 68.7 Å². The Morgan fingerprint density at radius 2 is 2.04 bits per heavy atom. The SMILES string of the molecule is COC(=O)c1ccc([N+](=O)[O-])c(NCC(C)(O)c2ccccc2Cl)c1. The Hall–Kier alpha value is -2.64. The van der Waals surface area contributed by atoms with Crippen LogP contribution in [0.25, 0.3) is 0 Å². The van der Waals surface area contributed by atoms with Crippen molar-refractivity contribution in [3.63, 3.8) is 0 Å². The lowest BCUT2D eigenvalue weighted by Gasteiger charge is -2.25. The first kappa shape index (κ1) is 18.7. The van der Waals surface area contributed by atoms with Gasteiger partial charge in [0.15, 0.2) is 0 Å². The number of nitro groups is 1. The average molecular weight is 365 g/mol. The van der Waals surface area contributed by atoms with Crippen LogP contribution in [0.4, 0.5) is 11.4 Å². The topological polar surface area (TPSA) is 102 Å². The van der Waals surface area contributed by atoms with E-state index in [0.29, 0.717) is 10.6 Å². The van der Waals surface area contributed by atoms with Crippen LogP contribution >= 0.6 is 11.6 Å². The van der Waals surface area contributed by atoms with Gasteiger partial charge in [0.25, 0.3) is 5.69 Å². The maximum atomic E-state index is 11.6. The summed E-state index contributed by atoms with van der Waals surface area (Å²) in [7, 11) is 1.22. The summed E-state index contributed by atoms with van der Waals surface area (Å²) >= 11 is 6.10. The van der Waals surface area contributed by atoms with Crippen molar-refractivity contribution in [1.29, 1.82) is 0 Å². The molecule has 132 valence electrons. The minimum absolute atomic E-state index is 0.0534. The van der Waals surface area contributed by atoms with E-state index in [-0.39, 0.29) is 23.5 Å². The molecule has 25 heavy (non-hydrogen) atoms. The number of carbonyl (C=O) groups excluding carboxylic acids is 1. The molecule has 1 atom stereocenters. The molecule has 0 spiro atoms. The molecular formula is C17H17ClN2O5. The molecule has 2 N–H and O–H groups in total. The first-order valence-corrected chi connectivity index (χ1v) is 7.72. The summed E-state index contributed by atoms with van der Waals surface area (Å²) in [6.07, 6.45) is 0. The number of hydrogen-bond donors (Lipinski definition) is 2. The number of esters is 1. The number of hydrogen-bond acceptors (Lipinski definition) is 6. The summed E-state index contributed by atoms with van der Waals surface area (Å²) in [5.74, 6) is -0.615. The highest BCUT2D eigenvalue weighted by Gasteiger charge is 2.27. The Balaban J connectivity index is 2.31.